The van der Waals surface area contributed by atoms with Crippen LogP contribution in [-0.2, 0) is 6.42 Å². The van der Waals surface area contributed by atoms with E-state index in [1.165, 1.54) is 16.0 Å². The van der Waals surface area contributed by atoms with E-state index in [1.807, 2.05) is 11.8 Å². The van der Waals surface area contributed by atoms with Crippen LogP contribution in [0.3, 0.4) is 0 Å². The lowest BCUT2D eigenvalue weighted by Crippen LogP contribution is -2.13. The van der Waals surface area contributed by atoms with E-state index in [9.17, 15) is 5.11 Å². The molecule has 1 nitrogen and oxygen atoms in total. The molecule has 3 heteroatoms. The Labute approximate surface area is 110 Å². The largest absolute Gasteiger partial charge is 0.386 e. The van der Waals surface area contributed by atoms with Gasteiger partial charge in [0.15, 0.2) is 0 Å². The van der Waals surface area contributed by atoms with Crippen LogP contribution in [0.5, 0.6) is 0 Å². The third-order valence-electron chi connectivity index (χ3n) is 3.19. The van der Waals surface area contributed by atoms with Gasteiger partial charge in [-0.25, -0.2) is 0 Å². The molecule has 0 amide bonds. The van der Waals surface area contributed by atoms with Gasteiger partial charge in [-0.15, -0.1) is 23.1 Å². The van der Waals surface area contributed by atoms with E-state index in [0.717, 1.165) is 11.3 Å². The number of thioether (sulfide) groups is 1. The Morgan fingerprint density at radius 3 is 2.82 bits per heavy atom. The molecule has 1 N–H and O–H groups in total. The van der Waals surface area contributed by atoms with Gasteiger partial charge < -0.3 is 5.11 Å². The van der Waals surface area contributed by atoms with Crippen LogP contribution in [0.4, 0.5) is 0 Å². The van der Waals surface area contributed by atoms with Crippen molar-refractivity contribution in [3.63, 3.8) is 0 Å². The normalized spacial score (nSPS) is 20.2. The Morgan fingerprint density at radius 2 is 2.12 bits per heavy atom. The van der Waals surface area contributed by atoms with E-state index in [4.69, 9.17) is 0 Å². The zero-order valence-electron chi connectivity index (χ0n) is 9.59. The van der Waals surface area contributed by atoms with Gasteiger partial charge in [0.2, 0.25) is 0 Å². The Kier molecular flexibility index (Phi) is 2.99. The predicted molar refractivity (Wildman–Crippen MR) is 73.8 cm³/mol. The van der Waals surface area contributed by atoms with Crippen molar-refractivity contribution in [2.24, 2.45) is 0 Å². The van der Waals surface area contributed by atoms with Crippen LogP contribution >= 0.6 is 23.1 Å². The van der Waals surface area contributed by atoms with Crippen molar-refractivity contribution in [3.05, 3.63) is 51.7 Å². The van der Waals surface area contributed by atoms with Crippen molar-refractivity contribution in [1.29, 1.82) is 0 Å². The fourth-order valence-electron chi connectivity index (χ4n) is 2.24. The van der Waals surface area contributed by atoms with Crippen molar-refractivity contribution >= 4 is 23.1 Å². The Bertz CT molecular complexity index is 508. The summed E-state index contributed by atoms with van der Waals surface area (Å²) in [5.41, 5.74) is 2.58. The Hall–Kier alpha value is -0.770. The summed E-state index contributed by atoms with van der Waals surface area (Å²) in [5.74, 6) is 0. The number of aryl methyl sites for hydroxylation is 1. The van der Waals surface area contributed by atoms with Gasteiger partial charge >= 0.3 is 0 Å². The average molecular weight is 262 g/mol. The van der Waals surface area contributed by atoms with Crippen molar-refractivity contribution < 1.29 is 5.11 Å². The molecule has 2 aromatic rings. The Morgan fingerprint density at radius 1 is 1.29 bits per heavy atom. The van der Waals surface area contributed by atoms with Crippen LogP contribution in [0.25, 0.3) is 0 Å². The van der Waals surface area contributed by atoms with E-state index < -0.39 is 0 Å². The smallest absolute Gasteiger partial charge is 0.101 e. The van der Waals surface area contributed by atoms with Gasteiger partial charge in [0.05, 0.1) is 0 Å². The number of benzene rings is 1. The zero-order valence-corrected chi connectivity index (χ0v) is 11.2. The lowest BCUT2D eigenvalue weighted by atomic mass is 10.0. The van der Waals surface area contributed by atoms with Crippen LogP contribution in [0.2, 0.25) is 0 Å². The summed E-state index contributed by atoms with van der Waals surface area (Å²) < 4.78 is 0. The summed E-state index contributed by atoms with van der Waals surface area (Å²) in [7, 11) is 0. The SMILES string of the molecule is Cc1ccsc1C(O)C1Cc2ccccc2S1. The standard InChI is InChI=1S/C14H14OS2/c1-9-6-7-16-14(9)13(15)12-8-10-4-2-3-5-11(10)17-12/h2-7,12-13,15H,8H2,1H3. The minimum Gasteiger partial charge on any atom is -0.386 e. The van der Waals surface area contributed by atoms with Crippen LogP contribution in [0.1, 0.15) is 22.1 Å². The van der Waals surface area contributed by atoms with E-state index in [1.54, 1.807) is 11.3 Å². The maximum absolute atomic E-state index is 10.5. The van der Waals surface area contributed by atoms with Gasteiger partial charge in [0.1, 0.15) is 6.10 Å². The number of aliphatic hydroxyl groups is 1. The number of hydrogen-bond donors (Lipinski definition) is 1. The van der Waals surface area contributed by atoms with E-state index in [0.29, 0.717) is 0 Å². The molecule has 0 radical (unpaired) electrons. The summed E-state index contributed by atoms with van der Waals surface area (Å²) in [4.78, 5) is 2.45. The molecule has 0 saturated carbocycles. The highest BCUT2D eigenvalue weighted by Gasteiger charge is 2.30. The summed E-state index contributed by atoms with van der Waals surface area (Å²) in [6, 6.07) is 10.5. The molecule has 0 bridgehead atoms. The topological polar surface area (TPSA) is 20.2 Å². The molecular formula is C14H14OS2. The highest BCUT2D eigenvalue weighted by Crippen LogP contribution is 2.43. The number of thiophene rings is 1. The van der Waals surface area contributed by atoms with Gasteiger partial charge in [0, 0.05) is 15.0 Å². The zero-order chi connectivity index (χ0) is 11.8. The minimum atomic E-state index is -0.340. The van der Waals surface area contributed by atoms with Crippen molar-refractivity contribution in [2.45, 2.75) is 29.6 Å². The monoisotopic (exact) mass is 262 g/mol. The number of hydrogen-bond acceptors (Lipinski definition) is 3. The third-order valence-corrected chi connectivity index (χ3v) is 5.66. The molecule has 2 heterocycles. The molecule has 2 unspecified atom stereocenters. The van der Waals surface area contributed by atoms with Crippen molar-refractivity contribution in [2.75, 3.05) is 0 Å². The molecule has 0 saturated heterocycles. The van der Waals surface area contributed by atoms with Crippen molar-refractivity contribution in [1.82, 2.24) is 0 Å². The first kappa shape index (κ1) is 11.3. The predicted octanol–water partition coefficient (Wildman–Crippen LogP) is 3.81. The molecule has 1 aromatic carbocycles. The number of aliphatic hydroxyl groups excluding tert-OH is 1. The van der Waals surface area contributed by atoms with E-state index in [2.05, 4.69) is 42.6 Å². The maximum Gasteiger partial charge on any atom is 0.101 e. The maximum atomic E-state index is 10.5. The molecule has 3 rings (SSSR count). The molecule has 88 valence electrons. The summed E-state index contributed by atoms with van der Waals surface area (Å²) in [6.07, 6.45) is 0.631. The number of rotatable bonds is 2. The van der Waals surface area contributed by atoms with Gasteiger partial charge in [-0.3, -0.25) is 0 Å². The lowest BCUT2D eigenvalue weighted by molar-refractivity contribution is 0.178. The van der Waals surface area contributed by atoms with E-state index >= 15 is 0 Å². The minimum absolute atomic E-state index is 0.268. The molecule has 17 heavy (non-hydrogen) atoms. The molecule has 1 aromatic heterocycles. The lowest BCUT2D eigenvalue weighted by Gasteiger charge is -2.16. The number of fused-ring (bicyclic) bond motifs is 1. The molecule has 1 aliphatic rings. The van der Waals surface area contributed by atoms with Gasteiger partial charge in [-0.2, -0.15) is 0 Å². The molecule has 2 atom stereocenters. The summed E-state index contributed by atoms with van der Waals surface area (Å²) >= 11 is 3.47. The molecule has 0 spiro atoms. The van der Waals surface area contributed by atoms with Gasteiger partial charge in [-0.1, -0.05) is 18.2 Å². The third kappa shape index (κ3) is 2.03. The molecular weight excluding hydrogens is 248 g/mol. The first-order valence-electron chi connectivity index (χ1n) is 5.72. The first-order valence-corrected chi connectivity index (χ1v) is 7.48. The summed E-state index contributed by atoms with van der Waals surface area (Å²) in [5, 5.41) is 12.8. The highest BCUT2D eigenvalue weighted by molar-refractivity contribution is 8.00. The first-order chi connectivity index (χ1) is 8.25. The average Bonchev–Trinajstić information content (AvgIpc) is 2.93. The molecule has 1 aliphatic heterocycles. The van der Waals surface area contributed by atoms with Gasteiger partial charge in [-0.05, 0) is 42.0 Å². The fraction of sp³-hybridized carbons (Fsp3) is 0.286. The van der Waals surface area contributed by atoms with Crippen molar-refractivity contribution in [3.8, 4) is 0 Å². The fourth-order valence-corrected chi connectivity index (χ4v) is 4.62. The van der Waals surface area contributed by atoms with Gasteiger partial charge in [0.25, 0.3) is 0 Å². The summed E-state index contributed by atoms with van der Waals surface area (Å²) in [6.45, 7) is 2.07. The second kappa shape index (κ2) is 4.48. The second-order valence-corrected chi connectivity index (χ2v) is 6.61. The quantitative estimate of drug-likeness (QED) is 0.888. The highest BCUT2D eigenvalue weighted by atomic mass is 32.2. The van der Waals surface area contributed by atoms with E-state index in [-0.39, 0.29) is 11.4 Å². The van der Waals surface area contributed by atoms with Crippen LogP contribution in [0.15, 0.2) is 40.6 Å². The Balaban J connectivity index is 1.83. The van der Waals surface area contributed by atoms with Crippen LogP contribution in [0, 0.1) is 6.92 Å². The molecule has 0 aliphatic carbocycles. The van der Waals surface area contributed by atoms with Crippen LogP contribution < -0.4 is 0 Å². The molecule has 0 fully saturated rings. The second-order valence-electron chi connectivity index (χ2n) is 4.38. The van der Waals surface area contributed by atoms with Crippen LogP contribution in [-0.4, -0.2) is 10.4 Å².